The van der Waals surface area contributed by atoms with E-state index in [2.05, 4.69) is 0 Å². The first kappa shape index (κ1) is 17.1. The van der Waals surface area contributed by atoms with Crippen molar-refractivity contribution in [2.75, 3.05) is 12.0 Å². The number of carbonyl (C=O) groups excluding carboxylic acids is 3. The Balaban J connectivity index is 4.66. The summed E-state index contributed by atoms with van der Waals surface area (Å²) in [5.41, 5.74) is 5.72. The number of nitrogens with zero attached hydrogens (tertiary/aromatic N) is 1. The third kappa shape index (κ3) is 5.64. The second kappa shape index (κ2) is 9.10. The molecule has 0 radical (unpaired) electrons. The van der Waals surface area contributed by atoms with Crippen LogP contribution in [0.4, 0.5) is 0 Å². The summed E-state index contributed by atoms with van der Waals surface area (Å²) in [7, 11) is 0. The fourth-order valence-electron chi connectivity index (χ4n) is 1.57. The Bertz CT molecular complexity index is 284. The fraction of sp³-hybridized carbons (Fsp3) is 0.750. The van der Waals surface area contributed by atoms with Crippen molar-refractivity contribution in [3.05, 3.63) is 0 Å². The summed E-state index contributed by atoms with van der Waals surface area (Å²) in [4.78, 5) is 34.9. The molecule has 0 fully saturated rings. The molecule has 0 spiro atoms. The molecule has 0 heterocycles. The van der Waals surface area contributed by atoms with Crippen molar-refractivity contribution in [1.82, 2.24) is 4.90 Å². The topological polar surface area (TPSA) is 80.5 Å². The summed E-state index contributed by atoms with van der Waals surface area (Å²) in [6, 6.07) is -1.44. The largest absolute Gasteiger partial charge is 0.320 e. The van der Waals surface area contributed by atoms with E-state index in [4.69, 9.17) is 5.73 Å². The standard InChI is InChI=1S/C12H22N2O3S/c1-9(2)6-10(7-15)14(8-16)12(17)11(13)4-5-18-3/h7-11H,4-6,13H2,1-3H3/t10-,11-/m0/s1. The van der Waals surface area contributed by atoms with Crippen LogP contribution >= 0.6 is 11.8 Å². The molecule has 0 saturated heterocycles. The van der Waals surface area contributed by atoms with Gasteiger partial charge in [0.2, 0.25) is 12.3 Å². The lowest BCUT2D eigenvalue weighted by atomic mass is 10.0. The Hall–Kier alpha value is -0.880. The van der Waals surface area contributed by atoms with E-state index < -0.39 is 18.0 Å². The number of aldehydes is 1. The third-order valence-electron chi connectivity index (χ3n) is 2.55. The SMILES string of the molecule is CSCC[C@H](N)C(=O)N(C=O)[C@H](C=O)CC(C)C. The van der Waals surface area contributed by atoms with E-state index in [1.165, 1.54) is 0 Å². The van der Waals surface area contributed by atoms with E-state index in [9.17, 15) is 14.4 Å². The number of imide groups is 1. The van der Waals surface area contributed by atoms with Gasteiger partial charge < -0.3 is 10.5 Å². The van der Waals surface area contributed by atoms with Crippen molar-refractivity contribution in [3.63, 3.8) is 0 Å². The second-order valence-corrected chi connectivity index (χ2v) is 5.56. The molecule has 0 aromatic heterocycles. The average molecular weight is 274 g/mol. The zero-order valence-electron chi connectivity index (χ0n) is 11.2. The van der Waals surface area contributed by atoms with Crippen LogP contribution in [0.15, 0.2) is 0 Å². The number of rotatable bonds is 9. The van der Waals surface area contributed by atoms with Crippen LogP contribution in [-0.4, -0.2) is 47.6 Å². The van der Waals surface area contributed by atoms with Gasteiger partial charge in [0, 0.05) is 0 Å². The van der Waals surface area contributed by atoms with Crippen LogP contribution in [0.3, 0.4) is 0 Å². The lowest BCUT2D eigenvalue weighted by Crippen LogP contribution is -2.49. The first-order chi connectivity index (χ1) is 8.47. The van der Waals surface area contributed by atoms with E-state index in [0.29, 0.717) is 25.5 Å². The number of hydrogen-bond donors (Lipinski definition) is 1. The van der Waals surface area contributed by atoms with Crippen LogP contribution in [-0.2, 0) is 14.4 Å². The molecular weight excluding hydrogens is 252 g/mol. The highest BCUT2D eigenvalue weighted by Crippen LogP contribution is 2.11. The zero-order chi connectivity index (χ0) is 14.1. The Morgan fingerprint density at radius 2 is 2.00 bits per heavy atom. The molecule has 2 N–H and O–H groups in total. The molecule has 5 nitrogen and oxygen atoms in total. The lowest BCUT2D eigenvalue weighted by molar-refractivity contribution is -0.144. The van der Waals surface area contributed by atoms with Crippen LogP contribution in [0.1, 0.15) is 26.7 Å². The van der Waals surface area contributed by atoms with Crippen molar-refractivity contribution in [1.29, 1.82) is 0 Å². The van der Waals surface area contributed by atoms with Gasteiger partial charge in [0.05, 0.1) is 12.1 Å². The van der Waals surface area contributed by atoms with Gasteiger partial charge in [-0.25, -0.2) is 0 Å². The summed E-state index contributed by atoms with van der Waals surface area (Å²) in [6.07, 6.45) is 3.92. The number of hydrogen-bond acceptors (Lipinski definition) is 5. The van der Waals surface area contributed by atoms with Gasteiger partial charge in [-0.3, -0.25) is 14.5 Å². The Morgan fingerprint density at radius 3 is 2.39 bits per heavy atom. The van der Waals surface area contributed by atoms with E-state index in [-0.39, 0.29) is 5.92 Å². The van der Waals surface area contributed by atoms with Crippen molar-refractivity contribution in [2.24, 2.45) is 11.7 Å². The average Bonchev–Trinajstić information content (AvgIpc) is 2.34. The van der Waals surface area contributed by atoms with Gasteiger partial charge in [-0.05, 0) is 30.8 Å². The van der Waals surface area contributed by atoms with Gasteiger partial charge in [0.15, 0.2) is 0 Å². The van der Waals surface area contributed by atoms with Gasteiger partial charge in [-0.2, -0.15) is 11.8 Å². The van der Waals surface area contributed by atoms with Crippen molar-refractivity contribution in [3.8, 4) is 0 Å². The Kier molecular flexibility index (Phi) is 8.66. The monoisotopic (exact) mass is 274 g/mol. The molecule has 0 rings (SSSR count). The van der Waals surface area contributed by atoms with Crippen LogP contribution in [0, 0.1) is 5.92 Å². The number of carbonyl (C=O) groups is 3. The maximum atomic E-state index is 12.0. The van der Waals surface area contributed by atoms with Crippen molar-refractivity contribution in [2.45, 2.75) is 38.8 Å². The second-order valence-electron chi connectivity index (χ2n) is 4.57. The molecular formula is C12H22N2O3S. The molecule has 6 heteroatoms. The Morgan fingerprint density at radius 1 is 1.39 bits per heavy atom. The number of thioether (sulfide) groups is 1. The van der Waals surface area contributed by atoms with Gasteiger partial charge in [0.25, 0.3) is 0 Å². The van der Waals surface area contributed by atoms with E-state index >= 15 is 0 Å². The highest BCUT2D eigenvalue weighted by atomic mass is 32.2. The molecule has 0 aliphatic carbocycles. The molecule has 0 aromatic carbocycles. The molecule has 0 saturated carbocycles. The minimum absolute atomic E-state index is 0.220. The van der Waals surface area contributed by atoms with E-state index in [1.807, 2.05) is 20.1 Å². The smallest absolute Gasteiger partial charge is 0.246 e. The van der Waals surface area contributed by atoms with Gasteiger partial charge in [0.1, 0.15) is 6.29 Å². The van der Waals surface area contributed by atoms with Crippen LogP contribution in [0.25, 0.3) is 0 Å². The zero-order valence-corrected chi connectivity index (χ0v) is 12.0. The lowest BCUT2D eigenvalue weighted by Gasteiger charge is -2.26. The number of amides is 2. The van der Waals surface area contributed by atoms with E-state index in [1.54, 1.807) is 11.8 Å². The molecule has 104 valence electrons. The minimum atomic E-state index is -0.725. The maximum Gasteiger partial charge on any atom is 0.246 e. The highest BCUT2D eigenvalue weighted by Gasteiger charge is 2.27. The molecule has 2 atom stereocenters. The molecule has 2 amide bonds. The van der Waals surface area contributed by atoms with Crippen LogP contribution < -0.4 is 5.73 Å². The highest BCUT2D eigenvalue weighted by molar-refractivity contribution is 7.98. The Labute approximate surface area is 112 Å². The summed E-state index contributed by atoms with van der Waals surface area (Å²) in [5, 5.41) is 0. The third-order valence-corrected chi connectivity index (χ3v) is 3.19. The van der Waals surface area contributed by atoms with Crippen molar-refractivity contribution >= 4 is 30.4 Å². The summed E-state index contributed by atoms with van der Waals surface area (Å²) in [6.45, 7) is 3.86. The minimum Gasteiger partial charge on any atom is -0.320 e. The van der Waals surface area contributed by atoms with Crippen molar-refractivity contribution < 1.29 is 14.4 Å². The maximum absolute atomic E-state index is 12.0. The predicted octanol–water partition coefficient (Wildman–Crippen LogP) is 0.665. The molecule has 18 heavy (non-hydrogen) atoms. The molecule has 0 bridgehead atoms. The quantitative estimate of drug-likeness (QED) is 0.625. The molecule has 0 aromatic rings. The first-order valence-corrected chi connectivity index (χ1v) is 7.34. The van der Waals surface area contributed by atoms with Crippen LogP contribution in [0.5, 0.6) is 0 Å². The molecule has 0 aliphatic heterocycles. The molecule has 0 unspecified atom stereocenters. The first-order valence-electron chi connectivity index (χ1n) is 5.95. The summed E-state index contributed by atoms with van der Waals surface area (Å²) < 4.78 is 0. The van der Waals surface area contributed by atoms with Crippen LogP contribution in [0.2, 0.25) is 0 Å². The predicted molar refractivity (Wildman–Crippen MR) is 73.2 cm³/mol. The fourth-order valence-corrected chi connectivity index (χ4v) is 2.06. The van der Waals surface area contributed by atoms with Gasteiger partial charge in [-0.1, -0.05) is 13.8 Å². The number of nitrogens with two attached hydrogens (primary N) is 1. The normalized spacial score (nSPS) is 14.1. The summed E-state index contributed by atoms with van der Waals surface area (Å²) >= 11 is 1.58. The summed E-state index contributed by atoms with van der Waals surface area (Å²) in [5.74, 6) is 0.491. The molecule has 0 aliphatic rings. The van der Waals surface area contributed by atoms with E-state index in [0.717, 1.165) is 10.7 Å². The van der Waals surface area contributed by atoms with Gasteiger partial charge >= 0.3 is 0 Å². The van der Waals surface area contributed by atoms with Gasteiger partial charge in [-0.15, -0.1) is 0 Å².